The second kappa shape index (κ2) is 9.31. The van der Waals surface area contributed by atoms with Gasteiger partial charge in [-0.25, -0.2) is 0 Å². The van der Waals surface area contributed by atoms with Crippen molar-refractivity contribution in [1.29, 1.82) is 0 Å². The molecule has 2 aromatic carbocycles. The number of aryl methyl sites for hydroxylation is 1. The molecule has 0 saturated carbocycles. The van der Waals surface area contributed by atoms with Crippen molar-refractivity contribution in [2.45, 2.75) is 33.2 Å². The molecule has 0 spiro atoms. The number of likely N-dealkylation sites (N-methyl/N-ethyl adjacent to an activating group) is 1. The SMILES string of the molecule is COc1ccc(C(C)=O)cc1C[C@@H](C(=O)c1cc(C)n(-c2ccccc2)c1C)[NH+](C)C. The molecule has 1 N–H and O–H groups in total. The molecular weight excluding hydrogens is 388 g/mol. The lowest BCUT2D eigenvalue weighted by atomic mass is 9.94. The molecule has 0 fully saturated rings. The largest absolute Gasteiger partial charge is 0.496 e. The van der Waals surface area contributed by atoms with Crippen LogP contribution < -0.4 is 9.64 Å². The van der Waals surface area contributed by atoms with Crippen molar-refractivity contribution in [1.82, 2.24) is 4.57 Å². The fourth-order valence-electron chi connectivity index (χ4n) is 4.11. The zero-order chi connectivity index (χ0) is 22.7. The van der Waals surface area contributed by atoms with Crippen LogP contribution in [0.3, 0.4) is 0 Å². The molecule has 162 valence electrons. The number of aromatic nitrogens is 1. The molecule has 3 aromatic rings. The number of hydrogen-bond acceptors (Lipinski definition) is 3. The molecule has 0 radical (unpaired) electrons. The van der Waals surface area contributed by atoms with E-state index in [1.165, 1.54) is 0 Å². The number of hydrogen-bond donors (Lipinski definition) is 1. The summed E-state index contributed by atoms with van der Waals surface area (Å²) in [7, 11) is 5.58. The Hall–Kier alpha value is -3.18. The Labute approximate surface area is 184 Å². The number of carbonyl (C=O) groups excluding carboxylic acids is 2. The van der Waals surface area contributed by atoms with E-state index in [0.717, 1.165) is 33.1 Å². The molecule has 1 aromatic heterocycles. The van der Waals surface area contributed by atoms with Crippen LogP contribution in [0.25, 0.3) is 5.69 Å². The van der Waals surface area contributed by atoms with E-state index in [4.69, 9.17) is 4.74 Å². The number of carbonyl (C=O) groups is 2. The van der Waals surface area contributed by atoms with Gasteiger partial charge in [-0.1, -0.05) is 18.2 Å². The highest BCUT2D eigenvalue weighted by molar-refractivity contribution is 6.01. The van der Waals surface area contributed by atoms with E-state index in [9.17, 15) is 9.59 Å². The number of benzene rings is 2. The Morgan fingerprint density at radius 1 is 1.03 bits per heavy atom. The van der Waals surface area contributed by atoms with Gasteiger partial charge in [-0.2, -0.15) is 0 Å². The molecule has 0 bridgehead atoms. The number of quaternary nitrogens is 1. The van der Waals surface area contributed by atoms with Gasteiger partial charge in [-0.05, 0) is 57.2 Å². The molecule has 0 amide bonds. The van der Waals surface area contributed by atoms with Crippen LogP contribution in [-0.2, 0) is 6.42 Å². The van der Waals surface area contributed by atoms with Gasteiger partial charge in [0.1, 0.15) is 5.75 Å². The molecule has 5 heteroatoms. The van der Waals surface area contributed by atoms with Gasteiger partial charge in [0.25, 0.3) is 0 Å². The molecule has 0 aliphatic carbocycles. The van der Waals surface area contributed by atoms with E-state index in [1.54, 1.807) is 26.2 Å². The summed E-state index contributed by atoms with van der Waals surface area (Å²) in [5, 5.41) is 0. The van der Waals surface area contributed by atoms with E-state index in [-0.39, 0.29) is 17.6 Å². The van der Waals surface area contributed by atoms with Crippen molar-refractivity contribution >= 4 is 11.6 Å². The van der Waals surface area contributed by atoms with Crippen LogP contribution >= 0.6 is 0 Å². The Bertz CT molecular complexity index is 1100. The molecule has 0 aliphatic heterocycles. The molecule has 0 saturated heterocycles. The Morgan fingerprint density at radius 2 is 1.71 bits per heavy atom. The van der Waals surface area contributed by atoms with Gasteiger partial charge in [0.15, 0.2) is 11.8 Å². The molecule has 31 heavy (non-hydrogen) atoms. The third kappa shape index (κ3) is 4.62. The minimum absolute atomic E-state index is 0.00427. The lowest BCUT2D eigenvalue weighted by Crippen LogP contribution is -3.11. The predicted octanol–water partition coefficient (Wildman–Crippen LogP) is 3.24. The van der Waals surface area contributed by atoms with Crippen molar-refractivity contribution in [3.8, 4) is 11.4 Å². The van der Waals surface area contributed by atoms with Crippen LogP contribution in [0, 0.1) is 13.8 Å². The highest BCUT2D eigenvalue weighted by Crippen LogP contribution is 2.25. The third-order valence-corrected chi connectivity index (χ3v) is 5.84. The second-order valence-corrected chi connectivity index (χ2v) is 8.24. The summed E-state index contributed by atoms with van der Waals surface area (Å²) in [6, 6.07) is 17.1. The second-order valence-electron chi connectivity index (χ2n) is 8.24. The average Bonchev–Trinajstić information content (AvgIpc) is 3.05. The monoisotopic (exact) mass is 419 g/mol. The number of Topliss-reactive ketones (excluding diaryl/α,β-unsaturated/α-hetero) is 2. The quantitative estimate of drug-likeness (QED) is 0.571. The van der Waals surface area contributed by atoms with Crippen LogP contribution in [0.15, 0.2) is 54.6 Å². The summed E-state index contributed by atoms with van der Waals surface area (Å²) < 4.78 is 7.63. The lowest BCUT2D eigenvalue weighted by molar-refractivity contribution is -0.874. The summed E-state index contributed by atoms with van der Waals surface area (Å²) in [5.74, 6) is 0.778. The Balaban J connectivity index is 2.00. The zero-order valence-electron chi connectivity index (χ0n) is 19.2. The molecular formula is C26H31N2O3+. The highest BCUT2D eigenvalue weighted by atomic mass is 16.5. The van der Waals surface area contributed by atoms with E-state index in [1.807, 2.05) is 70.4 Å². The van der Waals surface area contributed by atoms with Crippen LogP contribution in [0.1, 0.15) is 44.6 Å². The first-order valence-electron chi connectivity index (χ1n) is 10.5. The van der Waals surface area contributed by atoms with E-state index in [2.05, 4.69) is 4.57 Å². The minimum Gasteiger partial charge on any atom is -0.496 e. The number of para-hydroxylation sites is 1. The molecule has 0 aliphatic rings. The summed E-state index contributed by atoms with van der Waals surface area (Å²) in [6.45, 7) is 5.56. The van der Waals surface area contributed by atoms with Crippen molar-refractivity contribution in [2.24, 2.45) is 0 Å². The summed E-state index contributed by atoms with van der Waals surface area (Å²) >= 11 is 0. The first kappa shape index (κ1) is 22.5. The van der Waals surface area contributed by atoms with Gasteiger partial charge in [0.05, 0.1) is 21.2 Å². The van der Waals surface area contributed by atoms with Gasteiger partial charge in [0.2, 0.25) is 5.78 Å². The predicted molar refractivity (Wildman–Crippen MR) is 123 cm³/mol. The number of nitrogens with one attached hydrogen (secondary N) is 1. The topological polar surface area (TPSA) is 52.7 Å². The van der Waals surface area contributed by atoms with E-state index >= 15 is 0 Å². The maximum Gasteiger partial charge on any atom is 0.222 e. The number of ether oxygens (including phenoxy) is 1. The van der Waals surface area contributed by atoms with E-state index in [0.29, 0.717) is 17.7 Å². The van der Waals surface area contributed by atoms with Gasteiger partial charge in [-0.3, -0.25) is 9.59 Å². The molecule has 3 rings (SSSR count). The number of rotatable bonds is 8. The lowest BCUT2D eigenvalue weighted by Gasteiger charge is -2.22. The molecule has 1 atom stereocenters. The zero-order valence-corrected chi connectivity index (χ0v) is 19.2. The molecule has 5 nitrogen and oxygen atoms in total. The summed E-state index contributed by atoms with van der Waals surface area (Å²) in [5.41, 5.74) is 5.22. The fraction of sp³-hybridized carbons (Fsp3) is 0.308. The maximum atomic E-state index is 13.7. The average molecular weight is 420 g/mol. The molecule has 1 heterocycles. The van der Waals surface area contributed by atoms with Crippen molar-refractivity contribution in [2.75, 3.05) is 21.2 Å². The minimum atomic E-state index is -0.305. The number of ketones is 2. The van der Waals surface area contributed by atoms with Gasteiger partial charge in [-0.15, -0.1) is 0 Å². The van der Waals surface area contributed by atoms with Gasteiger partial charge in [0, 0.05) is 40.2 Å². The summed E-state index contributed by atoms with van der Waals surface area (Å²) in [6.07, 6.45) is 0.487. The Kier molecular flexibility index (Phi) is 6.76. The van der Waals surface area contributed by atoms with Crippen LogP contribution in [0.5, 0.6) is 5.75 Å². The smallest absolute Gasteiger partial charge is 0.222 e. The van der Waals surface area contributed by atoms with Crippen LogP contribution in [-0.4, -0.2) is 43.4 Å². The summed E-state index contributed by atoms with van der Waals surface area (Å²) in [4.78, 5) is 26.6. The van der Waals surface area contributed by atoms with Crippen LogP contribution in [0.2, 0.25) is 0 Å². The fourth-order valence-corrected chi connectivity index (χ4v) is 4.11. The molecule has 0 unspecified atom stereocenters. The standard InChI is InChI=1S/C26H30N2O3/c1-17-14-23(18(2)28(17)22-10-8-7-9-11-22)26(30)24(27(4)5)16-21-15-20(19(3)29)12-13-25(21)31-6/h7-15,24H,16H2,1-6H3/p+1/t24-/m0/s1. The van der Waals surface area contributed by atoms with Crippen LogP contribution in [0.4, 0.5) is 0 Å². The Morgan fingerprint density at radius 3 is 2.29 bits per heavy atom. The normalized spacial score (nSPS) is 12.1. The van der Waals surface area contributed by atoms with Gasteiger partial charge >= 0.3 is 0 Å². The maximum absolute atomic E-state index is 13.7. The van der Waals surface area contributed by atoms with Crippen molar-refractivity contribution in [3.05, 3.63) is 82.7 Å². The van der Waals surface area contributed by atoms with Gasteiger partial charge < -0.3 is 14.2 Å². The first-order chi connectivity index (χ1) is 14.7. The first-order valence-corrected chi connectivity index (χ1v) is 10.5. The van der Waals surface area contributed by atoms with Crippen molar-refractivity contribution in [3.63, 3.8) is 0 Å². The van der Waals surface area contributed by atoms with Crippen molar-refractivity contribution < 1.29 is 19.2 Å². The highest BCUT2D eigenvalue weighted by Gasteiger charge is 2.30. The number of methoxy groups -OCH3 is 1. The number of nitrogens with zero attached hydrogens (tertiary/aromatic N) is 1. The van der Waals surface area contributed by atoms with E-state index < -0.39 is 0 Å². The third-order valence-electron chi connectivity index (χ3n) is 5.84.